The lowest BCUT2D eigenvalue weighted by molar-refractivity contribution is -0.140. The molecule has 0 spiro atoms. The molecule has 0 aromatic heterocycles. The molecule has 0 amide bonds. The first-order valence-electron chi connectivity index (χ1n) is 5.64. The van der Waals surface area contributed by atoms with Crippen LogP contribution in [-0.2, 0) is 9.53 Å². The van der Waals surface area contributed by atoms with Crippen molar-refractivity contribution < 1.29 is 9.53 Å². The molecule has 1 aromatic rings. The van der Waals surface area contributed by atoms with Crippen LogP contribution >= 0.6 is 12.2 Å². The second-order valence-electron chi connectivity index (χ2n) is 4.13. The standard InChI is InChI=1S/C13H18N2O2S/c1-9-4-5-10(13(14)18)11(8-9)15(2)7-6-12(16)17-3/h4-5,8H,6-7H2,1-3H3,(H2,14,18). The van der Waals surface area contributed by atoms with E-state index in [-0.39, 0.29) is 5.97 Å². The Kier molecular flexibility index (Phi) is 5.09. The second kappa shape index (κ2) is 6.35. The summed E-state index contributed by atoms with van der Waals surface area (Å²) in [4.78, 5) is 13.4. The summed E-state index contributed by atoms with van der Waals surface area (Å²) in [6, 6.07) is 5.87. The number of ether oxygens (including phenoxy) is 1. The number of hydrogen-bond donors (Lipinski definition) is 1. The molecule has 1 aromatic carbocycles. The molecule has 0 unspecified atom stereocenters. The Bertz CT molecular complexity index is 460. The van der Waals surface area contributed by atoms with Gasteiger partial charge < -0.3 is 15.4 Å². The number of carbonyl (C=O) groups excluding carboxylic acids is 1. The largest absolute Gasteiger partial charge is 0.469 e. The highest BCUT2D eigenvalue weighted by atomic mass is 32.1. The lowest BCUT2D eigenvalue weighted by Gasteiger charge is -2.22. The topological polar surface area (TPSA) is 55.6 Å². The van der Waals surface area contributed by atoms with Crippen LogP contribution in [0, 0.1) is 6.92 Å². The normalized spacial score (nSPS) is 9.94. The van der Waals surface area contributed by atoms with E-state index in [0.717, 1.165) is 16.8 Å². The van der Waals surface area contributed by atoms with Crippen LogP contribution in [0.4, 0.5) is 5.69 Å². The van der Waals surface area contributed by atoms with Gasteiger partial charge in [-0.3, -0.25) is 4.79 Å². The van der Waals surface area contributed by atoms with Crippen molar-refractivity contribution in [2.24, 2.45) is 5.73 Å². The van der Waals surface area contributed by atoms with Crippen LogP contribution in [0.25, 0.3) is 0 Å². The first-order valence-corrected chi connectivity index (χ1v) is 6.05. The number of rotatable bonds is 5. The zero-order chi connectivity index (χ0) is 13.7. The molecule has 0 saturated heterocycles. The van der Waals surface area contributed by atoms with E-state index >= 15 is 0 Å². The summed E-state index contributed by atoms with van der Waals surface area (Å²) in [5, 5.41) is 0. The first kappa shape index (κ1) is 14.4. The minimum absolute atomic E-state index is 0.230. The molecule has 0 bridgehead atoms. The maximum Gasteiger partial charge on any atom is 0.307 e. The van der Waals surface area contributed by atoms with E-state index < -0.39 is 0 Å². The number of esters is 1. The van der Waals surface area contributed by atoms with Crippen molar-refractivity contribution in [3.05, 3.63) is 29.3 Å². The van der Waals surface area contributed by atoms with Crippen molar-refractivity contribution in [2.75, 3.05) is 25.6 Å². The number of methoxy groups -OCH3 is 1. The minimum Gasteiger partial charge on any atom is -0.469 e. The number of thiocarbonyl (C=S) groups is 1. The van der Waals surface area contributed by atoms with Crippen molar-refractivity contribution in [1.82, 2.24) is 0 Å². The maximum absolute atomic E-state index is 11.1. The average molecular weight is 266 g/mol. The van der Waals surface area contributed by atoms with Gasteiger partial charge in [0.05, 0.1) is 13.5 Å². The molecule has 0 aliphatic carbocycles. The van der Waals surface area contributed by atoms with Crippen molar-refractivity contribution in [2.45, 2.75) is 13.3 Å². The predicted molar refractivity (Wildman–Crippen MR) is 77.0 cm³/mol. The highest BCUT2D eigenvalue weighted by molar-refractivity contribution is 7.80. The zero-order valence-electron chi connectivity index (χ0n) is 10.9. The molecular weight excluding hydrogens is 248 g/mol. The van der Waals surface area contributed by atoms with Crippen LogP contribution in [0.15, 0.2) is 18.2 Å². The summed E-state index contributed by atoms with van der Waals surface area (Å²) < 4.78 is 4.62. The number of anilines is 1. The second-order valence-corrected chi connectivity index (χ2v) is 4.57. The van der Waals surface area contributed by atoms with Gasteiger partial charge in [0.15, 0.2) is 0 Å². The average Bonchev–Trinajstić information content (AvgIpc) is 2.34. The summed E-state index contributed by atoms with van der Waals surface area (Å²) in [6.07, 6.45) is 0.331. The molecule has 0 saturated carbocycles. The molecule has 0 aliphatic heterocycles. The van der Waals surface area contributed by atoms with E-state index in [4.69, 9.17) is 18.0 Å². The molecule has 0 radical (unpaired) electrons. The van der Waals surface area contributed by atoms with Gasteiger partial charge in [0, 0.05) is 24.8 Å². The Morgan fingerprint density at radius 1 is 1.50 bits per heavy atom. The zero-order valence-corrected chi connectivity index (χ0v) is 11.7. The van der Waals surface area contributed by atoms with Crippen LogP contribution in [0.5, 0.6) is 0 Å². The minimum atomic E-state index is -0.230. The number of hydrogen-bond acceptors (Lipinski definition) is 4. The molecule has 4 nitrogen and oxygen atoms in total. The van der Waals surface area contributed by atoms with E-state index in [2.05, 4.69) is 4.74 Å². The summed E-state index contributed by atoms with van der Waals surface area (Å²) in [7, 11) is 3.29. The molecular formula is C13H18N2O2S. The van der Waals surface area contributed by atoms with E-state index in [0.29, 0.717) is 18.0 Å². The van der Waals surface area contributed by atoms with E-state index in [1.807, 2.05) is 37.1 Å². The Morgan fingerprint density at radius 3 is 2.72 bits per heavy atom. The van der Waals surface area contributed by atoms with Gasteiger partial charge in [-0.05, 0) is 24.6 Å². The highest BCUT2D eigenvalue weighted by Gasteiger charge is 2.11. The number of carbonyl (C=O) groups is 1. The van der Waals surface area contributed by atoms with Crippen LogP contribution in [0.1, 0.15) is 17.5 Å². The Labute approximate surface area is 113 Å². The fourth-order valence-electron chi connectivity index (χ4n) is 1.65. The molecule has 5 heteroatoms. The SMILES string of the molecule is COC(=O)CCN(C)c1cc(C)ccc1C(N)=S. The Morgan fingerprint density at radius 2 is 2.17 bits per heavy atom. The lowest BCUT2D eigenvalue weighted by atomic mass is 10.1. The highest BCUT2D eigenvalue weighted by Crippen LogP contribution is 2.21. The van der Waals surface area contributed by atoms with Crippen molar-refractivity contribution >= 4 is 28.9 Å². The van der Waals surface area contributed by atoms with Gasteiger partial charge in [0.1, 0.15) is 4.99 Å². The van der Waals surface area contributed by atoms with Gasteiger partial charge in [-0.15, -0.1) is 0 Å². The molecule has 0 atom stereocenters. The predicted octanol–water partition coefficient (Wildman–Crippen LogP) is 1.63. The van der Waals surface area contributed by atoms with Crippen LogP contribution < -0.4 is 10.6 Å². The quantitative estimate of drug-likeness (QED) is 0.648. The fraction of sp³-hybridized carbons (Fsp3) is 0.385. The van der Waals surface area contributed by atoms with Gasteiger partial charge in [0.25, 0.3) is 0 Å². The van der Waals surface area contributed by atoms with Crippen molar-refractivity contribution in [3.8, 4) is 0 Å². The molecule has 0 fully saturated rings. The van der Waals surface area contributed by atoms with Crippen molar-refractivity contribution in [3.63, 3.8) is 0 Å². The van der Waals surface area contributed by atoms with Crippen molar-refractivity contribution in [1.29, 1.82) is 0 Å². The van der Waals surface area contributed by atoms with E-state index in [1.54, 1.807) is 0 Å². The third kappa shape index (κ3) is 3.70. The van der Waals surface area contributed by atoms with Gasteiger partial charge in [0.2, 0.25) is 0 Å². The summed E-state index contributed by atoms with van der Waals surface area (Å²) >= 11 is 5.03. The number of nitrogens with zero attached hydrogens (tertiary/aromatic N) is 1. The third-order valence-electron chi connectivity index (χ3n) is 2.71. The number of nitrogens with two attached hydrogens (primary N) is 1. The number of benzene rings is 1. The lowest BCUT2D eigenvalue weighted by Crippen LogP contribution is -2.25. The molecule has 0 aliphatic rings. The van der Waals surface area contributed by atoms with E-state index in [1.165, 1.54) is 7.11 Å². The monoisotopic (exact) mass is 266 g/mol. The van der Waals surface area contributed by atoms with E-state index in [9.17, 15) is 4.79 Å². The van der Waals surface area contributed by atoms with Crippen LogP contribution in [0.3, 0.4) is 0 Å². The summed E-state index contributed by atoms with van der Waals surface area (Å²) in [6.45, 7) is 2.56. The molecule has 0 heterocycles. The summed E-state index contributed by atoms with van der Waals surface area (Å²) in [5.41, 5.74) is 8.58. The van der Waals surface area contributed by atoms with Gasteiger partial charge in [-0.2, -0.15) is 0 Å². The Hall–Kier alpha value is -1.62. The van der Waals surface area contributed by atoms with Crippen LogP contribution in [-0.4, -0.2) is 31.7 Å². The summed E-state index contributed by atoms with van der Waals surface area (Å²) in [5.74, 6) is -0.230. The molecule has 98 valence electrons. The third-order valence-corrected chi connectivity index (χ3v) is 2.93. The Balaban J connectivity index is 2.89. The van der Waals surface area contributed by atoms with Crippen LogP contribution in [0.2, 0.25) is 0 Å². The smallest absolute Gasteiger partial charge is 0.307 e. The molecule has 18 heavy (non-hydrogen) atoms. The number of aryl methyl sites for hydroxylation is 1. The molecule has 2 N–H and O–H groups in total. The first-order chi connectivity index (χ1) is 8.45. The molecule has 1 rings (SSSR count). The maximum atomic E-state index is 11.1. The fourth-order valence-corrected chi connectivity index (χ4v) is 1.82. The van der Waals surface area contributed by atoms with Gasteiger partial charge >= 0.3 is 5.97 Å². The van der Waals surface area contributed by atoms with Gasteiger partial charge in [-0.1, -0.05) is 18.3 Å². The van der Waals surface area contributed by atoms with Gasteiger partial charge in [-0.25, -0.2) is 0 Å².